The van der Waals surface area contributed by atoms with E-state index in [1.54, 1.807) is 12.3 Å². The Kier molecular flexibility index (Phi) is 5.68. The lowest BCUT2D eigenvalue weighted by Crippen LogP contribution is -1.92. The van der Waals surface area contributed by atoms with Gasteiger partial charge in [0.15, 0.2) is 0 Å². The second kappa shape index (κ2) is 7.35. The van der Waals surface area contributed by atoms with Crippen LogP contribution in [0.2, 0.25) is 5.15 Å². The number of anilines is 1. The van der Waals surface area contributed by atoms with Gasteiger partial charge >= 0.3 is 0 Å². The van der Waals surface area contributed by atoms with Crippen LogP contribution >= 0.6 is 11.6 Å². The van der Waals surface area contributed by atoms with E-state index in [2.05, 4.69) is 10.3 Å². The number of hydrogen-bond donors (Lipinski definition) is 1. The van der Waals surface area contributed by atoms with Gasteiger partial charge in [0.1, 0.15) is 11.0 Å². The number of halogens is 2. The number of carbonyl (C=O) groups is 1. The van der Waals surface area contributed by atoms with Crippen LogP contribution in [0.3, 0.4) is 0 Å². The third kappa shape index (κ3) is 5.63. The summed E-state index contributed by atoms with van der Waals surface area (Å²) in [5, 5.41) is 2.93. The number of pyridine rings is 1. The van der Waals surface area contributed by atoms with Gasteiger partial charge in [-0.25, -0.2) is 9.37 Å². The van der Waals surface area contributed by atoms with E-state index >= 15 is 0 Å². The first-order chi connectivity index (χ1) is 8.22. The molecule has 1 N–H and O–H groups in total. The minimum absolute atomic E-state index is 0.309. The Morgan fingerprint density at radius 1 is 1.18 bits per heavy atom. The van der Waals surface area contributed by atoms with Crippen LogP contribution in [0.15, 0.2) is 48.7 Å². The molecule has 1 heterocycles. The number of nitrogens with zero attached hydrogens (tertiary/aromatic N) is 1. The lowest BCUT2D eigenvalue weighted by molar-refractivity contribution is -0.105. The minimum Gasteiger partial charge on any atom is -0.329 e. The number of aromatic nitrogens is 1. The molecule has 0 saturated carbocycles. The molecule has 0 saturated heterocycles. The quantitative estimate of drug-likeness (QED) is 0.659. The molecule has 0 spiro atoms. The molecule has 0 radical (unpaired) electrons. The molecule has 0 aliphatic heterocycles. The zero-order valence-electron chi connectivity index (χ0n) is 8.81. The Hall–Kier alpha value is -1.94. The minimum atomic E-state index is -0.309. The zero-order chi connectivity index (χ0) is 12.5. The molecule has 1 amide bonds. The molecule has 3 nitrogen and oxygen atoms in total. The van der Waals surface area contributed by atoms with E-state index in [0.29, 0.717) is 17.3 Å². The molecular weight excluding hydrogens is 243 g/mol. The number of amides is 1. The van der Waals surface area contributed by atoms with Crippen molar-refractivity contribution >= 4 is 23.7 Å². The van der Waals surface area contributed by atoms with Crippen molar-refractivity contribution in [2.75, 3.05) is 5.32 Å². The van der Waals surface area contributed by atoms with Gasteiger partial charge in [-0.15, -0.1) is 0 Å². The molecule has 5 heteroatoms. The van der Waals surface area contributed by atoms with Crippen molar-refractivity contribution in [3.8, 4) is 0 Å². The molecular formula is C12H10ClFN2O. The second-order valence-corrected chi connectivity index (χ2v) is 3.31. The summed E-state index contributed by atoms with van der Waals surface area (Å²) in [6.07, 6.45) is 2.20. The maximum absolute atomic E-state index is 12.2. The monoisotopic (exact) mass is 252 g/mol. The van der Waals surface area contributed by atoms with Crippen LogP contribution in [0.4, 0.5) is 10.1 Å². The molecule has 0 fully saturated rings. The fourth-order valence-corrected chi connectivity index (χ4v) is 1.09. The van der Waals surface area contributed by atoms with Crippen molar-refractivity contribution in [2.24, 2.45) is 0 Å². The van der Waals surface area contributed by atoms with E-state index in [-0.39, 0.29) is 5.82 Å². The van der Waals surface area contributed by atoms with Gasteiger partial charge in [0.2, 0.25) is 6.41 Å². The summed E-state index contributed by atoms with van der Waals surface area (Å²) in [7, 11) is 0. The van der Waals surface area contributed by atoms with Crippen molar-refractivity contribution in [1.82, 2.24) is 4.98 Å². The smallest absolute Gasteiger partial charge is 0.211 e. The summed E-state index contributed by atoms with van der Waals surface area (Å²) < 4.78 is 12.2. The normalized spacial score (nSPS) is 8.82. The van der Waals surface area contributed by atoms with Gasteiger partial charge in [0.25, 0.3) is 0 Å². The predicted molar refractivity (Wildman–Crippen MR) is 65.3 cm³/mol. The largest absolute Gasteiger partial charge is 0.329 e. The number of benzene rings is 1. The maximum atomic E-state index is 12.2. The van der Waals surface area contributed by atoms with E-state index in [1.807, 2.05) is 12.1 Å². The second-order valence-electron chi connectivity index (χ2n) is 2.92. The van der Waals surface area contributed by atoms with Crippen LogP contribution in [0.1, 0.15) is 0 Å². The molecule has 0 unspecified atom stereocenters. The van der Waals surface area contributed by atoms with E-state index in [4.69, 9.17) is 11.6 Å². The number of carbonyl (C=O) groups excluding carboxylic acids is 1. The third-order valence-corrected chi connectivity index (χ3v) is 1.92. The van der Waals surface area contributed by atoms with Gasteiger partial charge in [-0.3, -0.25) is 4.79 Å². The molecule has 0 aliphatic rings. The SMILES string of the molecule is Clc1ccccn1.O=CNc1ccc(F)cc1. The first-order valence-electron chi connectivity index (χ1n) is 4.74. The average Bonchev–Trinajstić information content (AvgIpc) is 2.34. The van der Waals surface area contributed by atoms with Crippen LogP contribution in [0, 0.1) is 5.82 Å². The van der Waals surface area contributed by atoms with Crippen molar-refractivity contribution in [2.45, 2.75) is 0 Å². The van der Waals surface area contributed by atoms with Crippen LogP contribution < -0.4 is 5.32 Å². The van der Waals surface area contributed by atoms with Gasteiger partial charge < -0.3 is 5.32 Å². The highest BCUT2D eigenvalue weighted by Gasteiger charge is 1.88. The average molecular weight is 253 g/mol. The molecule has 1 aromatic carbocycles. The summed E-state index contributed by atoms with van der Waals surface area (Å²) in [4.78, 5) is 13.6. The molecule has 2 aromatic rings. The standard InChI is InChI=1S/C7H6FNO.C5H4ClN/c8-6-1-3-7(4-2-6)9-5-10;6-5-3-1-2-4-7-5/h1-5H,(H,9,10);1-4H. The van der Waals surface area contributed by atoms with E-state index in [0.717, 1.165) is 0 Å². The van der Waals surface area contributed by atoms with Crippen LogP contribution in [-0.2, 0) is 4.79 Å². The Bertz CT molecular complexity index is 448. The molecule has 17 heavy (non-hydrogen) atoms. The van der Waals surface area contributed by atoms with Crippen molar-refractivity contribution in [1.29, 1.82) is 0 Å². The summed E-state index contributed by atoms with van der Waals surface area (Å²) >= 11 is 5.43. The van der Waals surface area contributed by atoms with Gasteiger partial charge in [-0.05, 0) is 36.4 Å². The fraction of sp³-hybridized carbons (Fsp3) is 0. The van der Waals surface area contributed by atoms with Gasteiger partial charge in [-0.2, -0.15) is 0 Å². The van der Waals surface area contributed by atoms with Crippen molar-refractivity contribution in [3.05, 3.63) is 59.6 Å². The van der Waals surface area contributed by atoms with Crippen LogP contribution in [-0.4, -0.2) is 11.4 Å². The predicted octanol–water partition coefficient (Wildman–Crippen LogP) is 3.13. The van der Waals surface area contributed by atoms with Crippen LogP contribution in [0.25, 0.3) is 0 Å². The summed E-state index contributed by atoms with van der Waals surface area (Å²) in [5.74, 6) is -0.309. The van der Waals surface area contributed by atoms with Gasteiger partial charge in [-0.1, -0.05) is 17.7 Å². The highest BCUT2D eigenvalue weighted by Crippen LogP contribution is 2.06. The topological polar surface area (TPSA) is 42.0 Å². The summed E-state index contributed by atoms with van der Waals surface area (Å²) in [6.45, 7) is 0. The first kappa shape index (κ1) is 13.1. The summed E-state index contributed by atoms with van der Waals surface area (Å²) in [5.41, 5.74) is 0.594. The maximum Gasteiger partial charge on any atom is 0.211 e. The highest BCUT2D eigenvalue weighted by atomic mass is 35.5. The molecule has 0 aliphatic carbocycles. The van der Waals surface area contributed by atoms with Crippen molar-refractivity contribution < 1.29 is 9.18 Å². The molecule has 1 aromatic heterocycles. The first-order valence-corrected chi connectivity index (χ1v) is 5.12. The van der Waals surface area contributed by atoms with Crippen molar-refractivity contribution in [3.63, 3.8) is 0 Å². The Labute approximate surface area is 103 Å². The van der Waals surface area contributed by atoms with Crippen LogP contribution in [0.5, 0.6) is 0 Å². The Balaban J connectivity index is 0.000000181. The van der Waals surface area contributed by atoms with E-state index in [9.17, 15) is 9.18 Å². The molecule has 88 valence electrons. The summed E-state index contributed by atoms with van der Waals surface area (Å²) in [6, 6.07) is 11.0. The lowest BCUT2D eigenvalue weighted by atomic mass is 10.3. The zero-order valence-corrected chi connectivity index (χ0v) is 9.56. The highest BCUT2D eigenvalue weighted by molar-refractivity contribution is 6.29. The van der Waals surface area contributed by atoms with Gasteiger partial charge in [0.05, 0.1) is 0 Å². The van der Waals surface area contributed by atoms with E-state index in [1.165, 1.54) is 24.3 Å². The fourth-order valence-electron chi connectivity index (χ4n) is 0.956. The Morgan fingerprint density at radius 2 is 1.88 bits per heavy atom. The lowest BCUT2D eigenvalue weighted by Gasteiger charge is -1.94. The number of nitrogens with one attached hydrogen (secondary N) is 1. The molecule has 0 atom stereocenters. The van der Waals surface area contributed by atoms with Gasteiger partial charge in [0, 0.05) is 11.9 Å². The molecule has 0 bridgehead atoms. The number of hydrogen-bond acceptors (Lipinski definition) is 2. The molecule has 2 rings (SSSR count). The van der Waals surface area contributed by atoms with E-state index < -0.39 is 0 Å². The number of rotatable bonds is 2. The third-order valence-electron chi connectivity index (χ3n) is 1.70. The Morgan fingerprint density at radius 3 is 2.29 bits per heavy atom.